The molecule has 1 aliphatic rings. The number of nitrogens with zero attached hydrogens (tertiary/aromatic N) is 3. The lowest BCUT2D eigenvalue weighted by Gasteiger charge is -2.19. The van der Waals surface area contributed by atoms with E-state index in [2.05, 4.69) is 15.4 Å². The van der Waals surface area contributed by atoms with Crippen LogP contribution >= 0.6 is 0 Å². The number of halogens is 3. The molecule has 0 unspecified atom stereocenters. The van der Waals surface area contributed by atoms with E-state index in [4.69, 9.17) is 0 Å². The molecule has 0 atom stereocenters. The molecule has 2 aromatic rings. The van der Waals surface area contributed by atoms with E-state index in [0.717, 1.165) is 5.56 Å². The van der Waals surface area contributed by atoms with Crippen LogP contribution in [0.5, 0.6) is 0 Å². The van der Waals surface area contributed by atoms with Crippen molar-refractivity contribution in [2.45, 2.75) is 31.5 Å². The molecule has 0 saturated heterocycles. The molecule has 4 nitrogen and oxygen atoms in total. The quantitative estimate of drug-likeness (QED) is 0.897. The van der Waals surface area contributed by atoms with Gasteiger partial charge in [-0.3, -0.25) is 0 Å². The third kappa shape index (κ3) is 1.70. The van der Waals surface area contributed by atoms with Crippen LogP contribution in [-0.4, -0.2) is 26.3 Å². The fourth-order valence-corrected chi connectivity index (χ4v) is 1.86. The van der Waals surface area contributed by atoms with Gasteiger partial charge in [-0.1, -0.05) is 6.07 Å². The minimum atomic E-state index is -4.26. The van der Waals surface area contributed by atoms with E-state index in [-0.39, 0.29) is 18.8 Å². The summed E-state index contributed by atoms with van der Waals surface area (Å²) in [7, 11) is 0. The minimum absolute atomic E-state index is 0.0235. The molecular weight excluding hydrogens is 245 g/mol. The SMILES string of the molecule is Cc1ccc2nc(NC3(C(F)(F)F)CC3)nn2c1. The monoisotopic (exact) mass is 256 g/mol. The van der Waals surface area contributed by atoms with E-state index in [0.29, 0.717) is 5.65 Å². The van der Waals surface area contributed by atoms with Gasteiger partial charge in [-0.25, -0.2) is 4.52 Å². The van der Waals surface area contributed by atoms with Gasteiger partial charge in [0.25, 0.3) is 0 Å². The predicted octanol–water partition coefficient (Wildman–Crippen LogP) is 2.54. The molecule has 18 heavy (non-hydrogen) atoms. The first-order valence-electron chi connectivity index (χ1n) is 5.58. The summed E-state index contributed by atoms with van der Waals surface area (Å²) in [6.45, 7) is 1.88. The zero-order valence-electron chi connectivity index (χ0n) is 9.62. The largest absolute Gasteiger partial charge is 0.411 e. The van der Waals surface area contributed by atoms with Gasteiger partial charge in [0.1, 0.15) is 5.54 Å². The molecule has 0 radical (unpaired) electrons. The van der Waals surface area contributed by atoms with Gasteiger partial charge in [0.2, 0.25) is 5.95 Å². The zero-order chi connectivity index (χ0) is 13.0. The number of rotatable bonds is 2. The predicted molar refractivity (Wildman–Crippen MR) is 59.4 cm³/mol. The van der Waals surface area contributed by atoms with E-state index >= 15 is 0 Å². The Morgan fingerprint density at radius 1 is 1.33 bits per heavy atom. The lowest BCUT2D eigenvalue weighted by molar-refractivity contribution is -0.151. The first kappa shape index (κ1) is 11.3. The number of hydrogen-bond acceptors (Lipinski definition) is 3. The molecule has 1 N–H and O–H groups in total. The Hall–Kier alpha value is -1.79. The molecule has 3 rings (SSSR count). The maximum Gasteiger partial charge on any atom is 0.411 e. The first-order chi connectivity index (χ1) is 8.40. The van der Waals surface area contributed by atoms with Crippen LogP contribution < -0.4 is 5.32 Å². The van der Waals surface area contributed by atoms with Gasteiger partial charge in [0.15, 0.2) is 5.65 Å². The van der Waals surface area contributed by atoms with Crippen molar-refractivity contribution in [1.82, 2.24) is 14.6 Å². The minimum Gasteiger partial charge on any atom is -0.339 e. The summed E-state index contributed by atoms with van der Waals surface area (Å²) in [5.41, 5.74) is -0.329. The number of hydrogen-bond donors (Lipinski definition) is 1. The van der Waals surface area contributed by atoms with Crippen LogP contribution in [0.2, 0.25) is 0 Å². The van der Waals surface area contributed by atoms with Crippen LogP contribution in [0.25, 0.3) is 5.65 Å². The fraction of sp³-hybridized carbons (Fsp3) is 0.455. The van der Waals surface area contributed by atoms with Crippen molar-refractivity contribution in [1.29, 1.82) is 0 Å². The van der Waals surface area contributed by atoms with Crippen LogP contribution in [-0.2, 0) is 0 Å². The normalized spacial score (nSPS) is 18.0. The number of aromatic nitrogens is 3. The first-order valence-corrected chi connectivity index (χ1v) is 5.58. The zero-order valence-corrected chi connectivity index (χ0v) is 9.62. The summed E-state index contributed by atoms with van der Waals surface area (Å²) in [5.74, 6) is 0.0235. The Balaban J connectivity index is 1.92. The van der Waals surface area contributed by atoms with Gasteiger partial charge in [0, 0.05) is 6.20 Å². The Labute approximate surface area is 101 Å². The standard InChI is InChI=1S/C11H11F3N4/c1-7-2-3-8-15-9(17-18(8)6-7)16-10(4-5-10)11(12,13)14/h2-3,6H,4-5H2,1H3,(H,16,17). The fourth-order valence-electron chi connectivity index (χ4n) is 1.86. The number of aryl methyl sites for hydroxylation is 1. The van der Waals surface area contributed by atoms with E-state index in [1.807, 2.05) is 13.0 Å². The number of anilines is 1. The van der Waals surface area contributed by atoms with Crippen LogP contribution in [0, 0.1) is 6.92 Å². The maximum atomic E-state index is 12.8. The highest BCUT2D eigenvalue weighted by Crippen LogP contribution is 2.50. The Kier molecular flexibility index (Phi) is 2.11. The van der Waals surface area contributed by atoms with E-state index in [1.54, 1.807) is 12.3 Å². The highest BCUT2D eigenvalue weighted by atomic mass is 19.4. The van der Waals surface area contributed by atoms with E-state index < -0.39 is 11.7 Å². The second-order valence-corrected chi connectivity index (χ2v) is 4.65. The molecule has 0 bridgehead atoms. The van der Waals surface area contributed by atoms with Crippen molar-refractivity contribution < 1.29 is 13.2 Å². The summed E-state index contributed by atoms with van der Waals surface area (Å²) in [6, 6.07) is 3.56. The molecule has 2 heterocycles. The van der Waals surface area contributed by atoms with Gasteiger partial charge in [0.05, 0.1) is 0 Å². The lowest BCUT2D eigenvalue weighted by Crippen LogP contribution is -2.39. The summed E-state index contributed by atoms with van der Waals surface area (Å²) in [5, 5.41) is 6.42. The molecule has 7 heteroatoms. The maximum absolute atomic E-state index is 12.8. The van der Waals surface area contributed by atoms with Crippen molar-refractivity contribution in [2.75, 3.05) is 5.32 Å². The Bertz CT molecular complexity index is 598. The average molecular weight is 256 g/mol. The van der Waals surface area contributed by atoms with Gasteiger partial charge < -0.3 is 5.32 Å². The molecule has 2 aromatic heterocycles. The molecule has 1 aliphatic carbocycles. The smallest absolute Gasteiger partial charge is 0.339 e. The summed E-state index contributed by atoms with van der Waals surface area (Å²) < 4.78 is 39.8. The Morgan fingerprint density at radius 3 is 2.67 bits per heavy atom. The molecule has 0 aromatic carbocycles. The highest BCUT2D eigenvalue weighted by molar-refractivity contribution is 5.46. The summed E-state index contributed by atoms with van der Waals surface area (Å²) >= 11 is 0. The summed E-state index contributed by atoms with van der Waals surface area (Å²) in [4.78, 5) is 4.03. The third-order valence-corrected chi connectivity index (χ3v) is 3.12. The lowest BCUT2D eigenvalue weighted by atomic mass is 10.3. The highest BCUT2D eigenvalue weighted by Gasteiger charge is 2.64. The van der Waals surface area contributed by atoms with Gasteiger partial charge >= 0.3 is 6.18 Å². The number of alkyl halides is 3. The van der Waals surface area contributed by atoms with Crippen LogP contribution in [0.15, 0.2) is 18.3 Å². The van der Waals surface area contributed by atoms with Crippen molar-refractivity contribution in [3.05, 3.63) is 23.9 Å². The third-order valence-electron chi connectivity index (χ3n) is 3.12. The van der Waals surface area contributed by atoms with Crippen molar-refractivity contribution >= 4 is 11.6 Å². The summed E-state index contributed by atoms with van der Waals surface area (Å²) in [6.07, 6.45) is -2.39. The molecule has 0 spiro atoms. The van der Waals surface area contributed by atoms with Gasteiger partial charge in [-0.15, -0.1) is 5.10 Å². The van der Waals surface area contributed by atoms with Crippen LogP contribution in [0.1, 0.15) is 18.4 Å². The number of pyridine rings is 1. The topological polar surface area (TPSA) is 42.2 Å². The van der Waals surface area contributed by atoms with Gasteiger partial charge in [-0.05, 0) is 31.4 Å². The van der Waals surface area contributed by atoms with E-state index in [9.17, 15) is 13.2 Å². The molecule has 0 amide bonds. The molecule has 0 aliphatic heterocycles. The molecule has 1 saturated carbocycles. The van der Waals surface area contributed by atoms with E-state index in [1.165, 1.54) is 4.52 Å². The van der Waals surface area contributed by atoms with Gasteiger partial charge in [-0.2, -0.15) is 18.2 Å². The van der Waals surface area contributed by atoms with Crippen LogP contribution in [0.3, 0.4) is 0 Å². The molecule has 96 valence electrons. The van der Waals surface area contributed by atoms with Crippen molar-refractivity contribution in [3.63, 3.8) is 0 Å². The molecular formula is C11H11F3N4. The average Bonchev–Trinajstić information content (AvgIpc) is 2.92. The van der Waals surface area contributed by atoms with Crippen molar-refractivity contribution in [3.8, 4) is 0 Å². The number of nitrogens with one attached hydrogen (secondary N) is 1. The Morgan fingerprint density at radius 2 is 2.06 bits per heavy atom. The van der Waals surface area contributed by atoms with Crippen LogP contribution in [0.4, 0.5) is 19.1 Å². The second-order valence-electron chi connectivity index (χ2n) is 4.65. The second kappa shape index (κ2) is 3.37. The number of fused-ring (bicyclic) bond motifs is 1. The molecule has 1 fully saturated rings. The van der Waals surface area contributed by atoms with Crippen molar-refractivity contribution in [2.24, 2.45) is 0 Å².